The Labute approximate surface area is 113 Å². The first-order chi connectivity index (χ1) is 9.56. The lowest BCUT2D eigenvalue weighted by Crippen LogP contribution is -2.48. The van der Waals surface area contributed by atoms with Gasteiger partial charge in [0.25, 0.3) is 0 Å². The Morgan fingerprint density at radius 1 is 1.40 bits per heavy atom. The number of hydrogen-bond donors (Lipinski definition) is 3. The standard InChI is InChI=1S/C12H11N5O3/c13-9(19)11(20)16-10-6-3-1-2-4-7(6)14-12-15-8(18)5-17(10)12/h1-4,10H,5H2,(H2,13,19)(H,16,20)(H,14,15,18). The molecule has 1 fully saturated rings. The number of hydrogen-bond acceptors (Lipinski definition) is 5. The van der Waals surface area contributed by atoms with Gasteiger partial charge in [-0.05, 0) is 6.07 Å². The molecule has 4 N–H and O–H groups in total. The number of aliphatic imine (C=N–C) groups is 1. The Morgan fingerprint density at radius 3 is 2.90 bits per heavy atom. The molecule has 0 aromatic heterocycles. The fraction of sp³-hybridized carbons (Fsp3) is 0.167. The highest BCUT2D eigenvalue weighted by molar-refractivity contribution is 6.34. The minimum Gasteiger partial charge on any atom is -0.361 e. The summed E-state index contributed by atoms with van der Waals surface area (Å²) in [6.45, 7) is 0.0525. The number of carbonyl (C=O) groups excluding carboxylic acids is 3. The maximum Gasteiger partial charge on any atom is 0.310 e. The van der Waals surface area contributed by atoms with Crippen molar-refractivity contribution >= 4 is 29.4 Å². The van der Waals surface area contributed by atoms with Gasteiger partial charge >= 0.3 is 11.8 Å². The average Bonchev–Trinajstić information content (AvgIpc) is 2.78. The number of carbonyl (C=O) groups is 3. The summed E-state index contributed by atoms with van der Waals surface area (Å²) in [7, 11) is 0. The van der Waals surface area contributed by atoms with Crippen molar-refractivity contribution in [3.8, 4) is 0 Å². The quantitative estimate of drug-likeness (QED) is 0.552. The number of rotatable bonds is 1. The zero-order valence-corrected chi connectivity index (χ0v) is 10.3. The van der Waals surface area contributed by atoms with Crippen molar-refractivity contribution in [1.29, 1.82) is 0 Å². The summed E-state index contributed by atoms with van der Waals surface area (Å²) in [6.07, 6.45) is -0.655. The Bertz CT molecular complexity index is 654. The molecule has 1 unspecified atom stereocenters. The Hall–Kier alpha value is -2.90. The number of guanidine groups is 1. The molecule has 0 spiro atoms. The van der Waals surface area contributed by atoms with E-state index in [1.807, 2.05) is 0 Å². The van der Waals surface area contributed by atoms with Crippen molar-refractivity contribution in [3.63, 3.8) is 0 Å². The van der Waals surface area contributed by atoms with Crippen LogP contribution in [0.5, 0.6) is 0 Å². The largest absolute Gasteiger partial charge is 0.361 e. The van der Waals surface area contributed by atoms with Crippen molar-refractivity contribution in [2.75, 3.05) is 6.54 Å². The Kier molecular flexibility index (Phi) is 2.63. The fourth-order valence-corrected chi connectivity index (χ4v) is 2.22. The maximum atomic E-state index is 11.5. The summed E-state index contributed by atoms with van der Waals surface area (Å²) in [6, 6.07) is 7.11. The first-order valence-electron chi connectivity index (χ1n) is 5.90. The third-order valence-corrected chi connectivity index (χ3v) is 3.10. The summed E-state index contributed by atoms with van der Waals surface area (Å²) in [4.78, 5) is 39.8. The normalized spacial score (nSPS) is 19.6. The van der Waals surface area contributed by atoms with Gasteiger partial charge in [0.15, 0.2) is 0 Å². The van der Waals surface area contributed by atoms with E-state index in [4.69, 9.17) is 5.73 Å². The number of amides is 3. The van der Waals surface area contributed by atoms with E-state index in [0.29, 0.717) is 17.2 Å². The van der Waals surface area contributed by atoms with E-state index >= 15 is 0 Å². The number of benzene rings is 1. The van der Waals surface area contributed by atoms with Crippen molar-refractivity contribution in [2.45, 2.75) is 6.17 Å². The van der Waals surface area contributed by atoms with Gasteiger partial charge in [-0.2, -0.15) is 0 Å². The minimum absolute atomic E-state index is 0.0525. The molecule has 1 atom stereocenters. The van der Waals surface area contributed by atoms with Crippen molar-refractivity contribution in [2.24, 2.45) is 10.7 Å². The van der Waals surface area contributed by atoms with Gasteiger partial charge in [-0.25, -0.2) is 4.99 Å². The first-order valence-corrected chi connectivity index (χ1v) is 5.90. The van der Waals surface area contributed by atoms with Crippen LogP contribution < -0.4 is 16.4 Å². The van der Waals surface area contributed by atoms with Gasteiger partial charge in [0.1, 0.15) is 12.7 Å². The Morgan fingerprint density at radius 2 is 2.15 bits per heavy atom. The molecule has 0 saturated carbocycles. The molecule has 1 aromatic rings. The van der Waals surface area contributed by atoms with Gasteiger partial charge < -0.3 is 16.0 Å². The molecule has 0 radical (unpaired) electrons. The number of primary amides is 1. The molecule has 102 valence electrons. The minimum atomic E-state index is -1.08. The van der Waals surface area contributed by atoms with E-state index in [0.717, 1.165) is 0 Å². The predicted molar refractivity (Wildman–Crippen MR) is 68.5 cm³/mol. The zero-order chi connectivity index (χ0) is 14.3. The number of nitrogens with two attached hydrogens (primary N) is 1. The highest BCUT2D eigenvalue weighted by Gasteiger charge is 2.37. The average molecular weight is 273 g/mol. The van der Waals surface area contributed by atoms with Crippen LogP contribution in [0.15, 0.2) is 29.3 Å². The molecule has 8 nitrogen and oxygen atoms in total. The lowest BCUT2D eigenvalue weighted by atomic mass is 10.1. The lowest BCUT2D eigenvalue weighted by Gasteiger charge is -2.32. The number of nitrogens with one attached hydrogen (secondary N) is 2. The van der Waals surface area contributed by atoms with Crippen molar-refractivity contribution in [3.05, 3.63) is 29.8 Å². The zero-order valence-electron chi connectivity index (χ0n) is 10.3. The second-order valence-corrected chi connectivity index (χ2v) is 4.41. The van der Waals surface area contributed by atoms with E-state index in [1.165, 1.54) is 0 Å². The Balaban J connectivity index is 2.01. The van der Waals surface area contributed by atoms with Crippen LogP contribution in [0.25, 0.3) is 0 Å². The van der Waals surface area contributed by atoms with E-state index in [9.17, 15) is 14.4 Å². The molecule has 2 heterocycles. The smallest absolute Gasteiger partial charge is 0.310 e. The van der Waals surface area contributed by atoms with Crippen molar-refractivity contribution < 1.29 is 14.4 Å². The third kappa shape index (κ3) is 1.87. The summed E-state index contributed by atoms with van der Waals surface area (Å²) in [5.74, 6) is -1.87. The fourth-order valence-electron chi connectivity index (χ4n) is 2.22. The van der Waals surface area contributed by atoms with E-state index in [-0.39, 0.29) is 12.5 Å². The van der Waals surface area contributed by atoms with Crippen molar-refractivity contribution in [1.82, 2.24) is 15.5 Å². The van der Waals surface area contributed by atoms with Crippen LogP contribution >= 0.6 is 0 Å². The van der Waals surface area contributed by atoms with E-state index in [1.54, 1.807) is 29.2 Å². The molecule has 1 aromatic carbocycles. The van der Waals surface area contributed by atoms with Crippen LogP contribution in [0.3, 0.4) is 0 Å². The lowest BCUT2D eigenvalue weighted by molar-refractivity contribution is -0.138. The molecule has 3 amide bonds. The summed E-state index contributed by atoms with van der Waals surface area (Å²) >= 11 is 0. The summed E-state index contributed by atoms with van der Waals surface area (Å²) in [5.41, 5.74) is 6.27. The van der Waals surface area contributed by atoms with Crippen LogP contribution in [-0.2, 0) is 14.4 Å². The monoisotopic (exact) mass is 273 g/mol. The number of nitrogens with zero attached hydrogens (tertiary/aromatic N) is 2. The summed E-state index contributed by atoms with van der Waals surface area (Å²) < 4.78 is 0. The number of fused-ring (bicyclic) bond motifs is 2. The van der Waals surface area contributed by atoms with Gasteiger partial charge in [-0.15, -0.1) is 0 Å². The molecule has 1 saturated heterocycles. The predicted octanol–water partition coefficient (Wildman–Crippen LogP) is -1.28. The number of para-hydroxylation sites is 1. The summed E-state index contributed by atoms with van der Waals surface area (Å²) in [5, 5.41) is 5.10. The van der Waals surface area contributed by atoms with Gasteiger partial charge in [0, 0.05) is 5.56 Å². The molecule has 20 heavy (non-hydrogen) atoms. The molecular weight excluding hydrogens is 262 g/mol. The first kappa shape index (κ1) is 12.2. The molecular formula is C12H11N5O3. The highest BCUT2D eigenvalue weighted by atomic mass is 16.2. The molecule has 2 aliphatic rings. The van der Waals surface area contributed by atoms with Crippen LogP contribution in [-0.4, -0.2) is 35.1 Å². The van der Waals surface area contributed by atoms with Crippen LogP contribution in [0.4, 0.5) is 5.69 Å². The van der Waals surface area contributed by atoms with Crippen LogP contribution in [0, 0.1) is 0 Å². The van der Waals surface area contributed by atoms with Crippen LogP contribution in [0.1, 0.15) is 11.7 Å². The molecule has 3 rings (SSSR count). The van der Waals surface area contributed by atoms with Gasteiger partial charge in [0.2, 0.25) is 11.9 Å². The second-order valence-electron chi connectivity index (χ2n) is 4.41. The second kappa shape index (κ2) is 4.34. The third-order valence-electron chi connectivity index (χ3n) is 3.10. The van der Waals surface area contributed by atoms with E-state index in [2.05, 4.69) is 15.6 Å². The SMILES string of the molecule is NC(=O)C(=O)NC1c2ccccc2N=C2NC(=O)CN21. The molecule has 0 bridgehead atoms. The van der Waals surface area contributed by atoms with E-state index < -0.39 is 18.0 Å². The van der Waals surface area contributed by atoms with Gasteiger partial charge in [-0.3, -0.25) is 19.7 Å². The maximum absolute atomic E-state index is 11.5. The van der Waals surface area contributed by atoms with Gasteiger partial charge in [0.05, 0.1) is 5.69 Å². The highest BCUT2D eigenvalue weighted by Crippen LogP contribution is 2.33. The molecule has 0 aliphatic carbocycles. The topological polar surface area (TPSA) is 117 Å². The van der Waals surface area contributed by atoms with Crippen LogP contribution in [0.2, 0.25) is 0 Å². The molecule has 2 aliphatic heterocycles. The molecule has 8 heteroatoms. The van der Waals surface area contributed by atoms with Gasteiger partial charge in [-0.1, -0.05) is 18.2 Å².